The number of methoxy groups -OCH3 is 2. The minimum atomic E-state index is -0.391. The Bertz CT molecular complexity index is 406. The Morgan fingerprint density at radius 2 is 1.95 bits per heavy atom. The Morgan fingerprint density at radius 3 is 2.45 bits per heavy atom. The predicted molar refractivity (Wildman–Crippen MR) is 79.1 cm³/mol. The second-order valence-electron chi connectivity index (χ2n) is 4.50. The SMILES string of the molecule is CCN(CCNC(=O)OC)[C@@H](C)c1ccc(OC)cc1. The van der Waals surface area contributed by atoms with Crippen LogP contribution in [-0.4, -0.2) is 44.8 Å². The van der Waals surface area contributed by atoms with Gasteiger partial charge < -0.3 is 14.8 Å². The number of likely N-dealkylation sites (N-methyl/N-ethyl adjacent to an activating group) is 1. The van der Waals surface area contributed by atoms with Crippen LogP contribution < -0.4 is 10.1 Å². The fraction of sp³-hybridized carbons (Fsp3) is 0.533. The van der Waals surface area contributed by atoms with Crippen LogP contribution in [0.15, 0.2) is 24.3 Å². The van der Waals surface area contributed by atoms with Gasteiger partial charge in [-0.25, -0.2) is 4.79 Å². The van der Waals surface area contributed by atoms with Crippen molar-refractivity contribution in [2.45, 2.75) is 19.9 Å². The summed E-state index contributed by atoms with van der Waals surface area (Å²) in [5.41, 5.74) is 1.23. The van der Waals surface area contributed by atoms with E-state index in [1.54, 1.807) is 7.11 Å². The Morgan fingerprint density at radius 1 is 1.30 bits per heavy atom. The lowest BCUT2D eigenvalue weighted by atomic mass is 10.1. The smallest absolute Gasteiger partial charge is 0.406 e. The van der Waals surface area contributed by atoms with Gasteiger partial charge in [0.15, 0.2) is 0 Å². The molecule has 0 radical (unpaired) electrons. The van der Waals surface area contributed by atoms with Crippen molar-refractivity contribution < 1.29 is 14.3 Å². The molecule has 0 heterocycles. The molecule has 112 valence electrons. The van der Waals surface area contributed by atoms with E-state index in [2.05, 4.69) is 40.9 Å². The molecule has 0 spiro atoms. The molecule has 20 heavy (non-hydrogen) atoms. The number of alkyl carbamates (subject to hydrolysis) is 1. The number of nitrogens with zero attached hydrogens (tertiary/aromatic N) is 1. The lowest BCUT2D eigenvalue weighted by molar-refractivity contribution is 0.165. The van der Waals surface area contributed by atoms with E-state index in [0.29, 0.717) is 6.54 Å². The highest BCUT2D eigenvalue weighted by Gasteiger charge is 2.14. The van der Waals surface area contributed by atoms with Crippen LogP contribution in [-0.2, 0) is 4.74 Å². The van der Waals surface area contributed by atoms with Crippen molar-refractivity contribution >= 4 is 6.09 Å². The first-order valence-electron chi connectivity index (χ1n) is 6.82. The number of hydrogen-bond donors (Lipinski definition) is 1. The second-order valence-corrected chi connectivity index (χ2v) is 4.50. The number of ether oxygens (including phenoxy) is 2. The highest BCUT2D eigenvalue weighted by molar-refractivity contribution is 5.66. The van der Waals surface area contributed by atoms with Crippen LogP contribution in [0.25, 0.3) is 0 Å². The van der Waals surface area contributed by atoms with Crippen LogP contribution in [0, 0.1) is 0 Å². The summed E-state index contributed by atoms with van der Waals surface area (Å²) in [5, 5.41) is 2.70. The molecule has 0 fully saturated rings. The summed E-state index contributed by atoms with van der Waals surface area (Å²) in [4.78, 5) is 13.3. The summed E-state index contributed by atoms with van der Waals surface area (Å²) in [6.07, 6.45) is -0.391. The number of nitrogens with one attached hydrogen (secondary N) is 1. The zero-order chi connectivity index (χ0) is 15.0. The quantitative estimate of drug-likeness (QED) is 0.833. The molecular formula is C15H24N2O3. The maximum absolute atomic E-state index is 11.0. The average Bonchev–Trinajstić information content (AvgIpc) is 2.50. The lowest BCUT2D eigenvalue weighted by Gasteiger charge is -2.28. The molecule has 1 aromatic rings. The van der Waals surface area contributed by atoms with E-state index < -0.39 is 6.09 Å². The third kappa shape index (κ3) is 4.74. The number of hydrogen-bond acceptors (Lipinski definition) is 4. The first kappa shape index (κ1) is 16.3. The minimum absolute atomic E-state index is 0.283. The highest BCUT2D eigenvalue weighted by Crippen LogP contribution is 2.22. The molecule has 5 heteroatoms. The molecule has 1 N–H and O–H groups in total. The fourth-order valence-corrected chi connectivity index (χ4v) is 2.09. The number of amides is 1. The van der Waals surface area contributed by atoms with Crippen molar-refractivity contribution in [2.75, 3.05) is 33.9 Å². The van der Waals surface area contributed by atoms with Crippen LogP contribution in [0.4, 0.5) is 4.79 Å². The van der Waals surface area contributed by atoms with Gasteiger partial charge in [0.2, 0.25) is 0 Å². The highest BCUT2D eigenvalue weighted by atomic mass is 16.5. The van der Waals surface area contributed by atoms with Crippen LogP contribution in [0.2, 0.25) is 0 Å². The number of benzene rings is 1. The molecule has 0 aliphatic heterocycles. The van der Waals surface area contributed by atoms with Gasteiger partial charge in [-0.3, -0.25) is 4.90 Å². The topological polar surface area (TPSA) is 50.8 Å². The molecule has 0 aliphatic rings. The van der Waals surface area contributed by atoms with Crippen molar-refractivity contribution in [3.63, 3.8) is 0 Å². The molecule has 0 aromatic heterocycles. The first-order chi connectivity index (χ1) is 9.62. The average molecular weight is 280 g/mol. The van der Waals surface area contributed by atoms with Crippen molar-refractivity contribution in [1.82, 2.24) is 10.2 Å². The molecule has 1 amide bonds. The van der Waals surface area contributed by atoms with Crippen molar-refractivity contribution in [3.05, 3.63) is 29.8 Å². The summed E-state index contributed by atoms with van der Waals surface area (Å²) in [7, 11) is 3.03. The Hall–Kier alpha value is -1.75. The monoisotopic (exact) mass is 280 g/mol. The van der Waals surface area contributed by atoms with Gasteiger partial charge >= 0.3 is 6.09 Å². The van der Waals surface area contributed by atoms with Crippen LogP contribution in [0.3, 0.4) is 0 Å². The number of carbonyl (C=O) groups is 1. The standard InChI is InChI=1S/C15H24N2O3/c1-5-17(11-10-16-15(18)20-4)12(2)13-6-8-14(19-3)9-7-13/h6-9,12H,5,10-11H2,1-4H3,(H,16,18)/t12-/m0/s1. The van der Waals surface area contributed by atoms with E-state index in [1.807, 2.05) is 12.1 Å². The van der Waals surface area contributed by atoms with E-state index in [0.717, 1.165) is 18.8 Å². The first-order valence-corrected chi connectivity index (χ1v) is 6.82. The fourth-order valence-electron chi connectivity index (χ4n) is 2.09. The summed E-state index contributed by atoms with van der Waals surface area (Å²) in [6.45, 7) is 6.53. The Kier molecular flexibility index (Phi) is 6.87. The van der Waals surface area contributed by atoms with Gasteiger partial charge in [-0.15, -0.1) is 0 Å². The molecule has 0 unspecified atom stereocenters. The molecule has 1 rings (SSSR count). The number of rotatable bonds is 7. The number of carbonyl (C=O) groups excluding carboxylic acids is 1. The predicted octanol–water partition coefficient (Wildman–Crippen LogP) is 2.43. The van der Waals surface area contributed by atoms with Crippen molar-refractivity contribution in [2.24, 2.45) is 0 Å². The van der Waals surface area contributed by atoms with Crippen molar-refractivity contribution in [3.8, 4) is 5.75 Å². The summed E-state index contributed by atoms with van der Waals surface area (Å²) >= 11 is 0. The zero-order valence-corrected chi connectivity index (χ0v) is 12.7. The summed E-state index contributed by atoms with van der Waals surface area (Å²) < 4.78 is 9.72. The zero-order valence-electron chi connectivity index (χ0n) is 12.7. The molecule has 5 nitrogen and oxygen atoms in total. The van der Waals surface area contributed by atoms with Gasteiger partial charge in [-0.05, 0) is 31.2 Å². The van der Waals surface area contributed by atoms with Crippen LogP contribution >= 0.6 is 0 Å². The molecular weight excluding hydrogens is 256 g/mol. The molecule has 1 atom stereocenters. The maximum Gasteiger partial charge on any atom is 0.406 e. The van der Waals surface area contributed by atoms with Crippen LogP contribution in [0.5, 0.6) is 5.75 Å². The van der Waals surface area contributed by atoms with Crippen LogP contribution in [0.1, 0.15) is 25.5 Å². The molecule has 1 aromatic carbocycles. The lowest BCUT2D eigenvalue weighted by Crippen LogP contribution is -2.36. The normalized spacial score (nSPS) is 12.1. The van der Waals surface area contributed by atoms with E-state index in [1.165, 1.54) is 12.7 Å². The Balaban J connectivity index is 2.56. The third-order valence-corrected chi connectivity index (χ3v) is 3.41. The minimum Gasteiger partial charge on any atom is -0.497 e. The van der Waals surface area contributed by atoms with Gasteiger partial charge in [-0.2, -0.15) is 0 Å². The molecule has 0 aliphatic carbocycles. The van der Waals surface area contributed by atoms with E-state index in [4.69, 9.17) is 4.74 Å². The summed E-state index contributed by atoms with van der Waals surface area (Å²) in [6, 6.07) is 8.35. The summed E-state index contributed by atoms with van der Waals surface area (Å²) in [5.74, 6) is 0.858. The van der Waals surface area contributed by atoms with E-state index in [-0.39, 0.29) is 6.04 Å². The van der Waals surface area contributed by atoms with E-state index in [9.17, 15) is 4.79 Å². The van der Waals surface area contributed by atoms with Gasteiger partial charge in [0.05, 0.1) is 14.2 Å². The van der Waals surface area contributed by atoms with Gasteiger partial charge in [-0.1, -0.05) is 19.1 Å². The molecule has 0 bridgehead atoms. The van der Waals surface area contributed by atoms with Crippen molar-refractivity contribution in [1.29, 1.82) is 0 Å². The van der Waals surface area contributed by atoms with Gasteiger partial charge in [0.1, 0.15) is 5.75 Å². The van der Waals surface area contributed by atoms with Gasteiger partial charge in [0, 0.05) is 19.1 Å². The maximum atomic E-state index is 11.0. The third-order valence-electron chi connectivity index (χ3n) is 3.41. The second kappa shape index (κ2) is 8.43. The largest absolute Gasteiger partial charge is 0.497 e. The van der Waals surface area contributed by atoms with E-state index >= 15 is 0 Å². The van der Waals surface area contributed by atoms with Gasteiger partial charge in [0.25, 0.3) is 0 Å². The Labute approximate surface area is 120 Å². The molecule has 0 saturated heterocycles. The molecule has 0 saturated carbocycles.